The van der Waals surface area contributed by atoms with Crippen molar-refractivity contribution in [3.05, 3.63) is 65.7 Å². The molecule has 0 aliphatic carbocycles. The van der Waals surface area contributed by atoms with E-state index in [1.54, 1.807) is 48.5 Å². The average molecular weight is 322 g/mol. The van der Waals surface area contributed by atoms with Crippen molar-refractivity contribution < 1.29 is 22.9 Å². The summed E-state index contributed by atoms with van der Waals surface area (Å²) < 4.78 is 30.7. The molecule has 2 rings (SSSR count). The quantitative estimate of drug-likeness (QED) is 0.845. The lowest BCUT2D eigenvalue weighted by Gasteiger charge is -2.09. The molecule has 2 N–H and O–H groups in total. The molecule has 0 atom stereocenters. The van der Waals surface area contributed by atoms with Crippen LogP contribution >= 0.6 is 0 Å². The average Bonchev–Trinajstić information content (AvgIpc) is 2.48. The molecule has 0 radical (unpaired) electrons. The second-order valence-electron chi connectivity index (χ2n) is 4.84. The van der Waals surface area contributed by atoms with Crippen molar-refractivity contribution in [2.24, 2.45) is 0 Å². The molecule has 0 amide bonds. The van der Waals surface area contributed by atoms with E-state index in [1.165, 1.54) is 6.07 Å². The highest BCUT2D eigenvalue weighted by molar-refractivity contribution is 7.85. The number of benzene rings is 2. The molecule has 22 heavy (non-hydrogen) atoms. The fourth-order valence-electron chi connectivity index (χ4n) is 1.77. The molecule has 0 aliphatic rings. The first-order valence-electron chi connectivity index (χ1n) is 6.58. The van der Waals surface area contributed by atoms with E-state index in [1.807, 2.05) is 13.8 Å². The van der Waals surface area contributed by atoms with Gasteiger partial charge in [-0.1, -0.05) is 50.2 Å². The maximum absolute atomic E-state index is 10.9. The van der Waals surface area contributed by atoms with Crippen molar-refractivity contribution in [3.8, 4) is 0 Å². The van der Waals surface area contributed by atoms with Crippen LogP contribution in [-0.2, 0) is 10.1 Å². The van der Waals surface area contributed by atoms with Crippen molar-refractivity contribution in [1.82, 2.24) is 0 Å². The lowest BCUT2D eigenvalue weighted by molar-refractivity contribution is 0.0697. The number of carbonyl (C=O) groups is 1. The first-order chi connectivity index (χ1) is 10.2. The maximum Gasteiger partial charge on any atom is 0.335 e. The summed E-state index contributed by atoms with van der Waals surface area (Å²) in [6.07, 6.45) is 0. The van der Waals surface area contributed by atoms with Crippen LogP contribution in [0.25, 0.3) is 0 Å². The summed E-state index contributed by atoms with van der Waals surface area (Å²) in [6.45, 7) is 3.76. The van der Waals surface area contributed by atoms with Crippen LogP contribution < -0.4 is 0 Å². The predicted molar refractivity (Wildman–Crippen MR) is 83.7 cm³/mol. The summed E-state index contributed by atoms with van der Waals surface area (Å²) in [5, 5.41) is 8.38. The number of hydrogen-bond donors (Lipinski definition) is 2. The van der Waals surface area contributed by atoms with E-state index in [-0.39, 0.29) is 10.8 Å². The minimum Gasteiger partial charge on any atom is -0.478 e. The summed E-state index contributed by atoms with van der Waals surface area (Å²) in [5.41, 5.74) is 0.975. The van der Waals surface area contributed by atoms with Gasteiger partial charge in [-0.2, -0.15) is 8.42 Å². The van der Waals surface area contributed by atoms with Crippen molar-refractivity contribution in [2.45, 2.75) is 24.7 Å². The van der Waals surface area contributed by atoms with E-state index in [4.69, 9.17) is 9.66 Å². The van der Waals surface area contributed by atoms with Crippen molar-refractivity contribution in [3.63, 3.8) is 0 Å². The van der Waals surface area contributed by atoms with Crippen LogP contribution in [0.3, 0.4) is 0 Å². The largest absolute Gasteiger partial charge is 0.478 e. The first kappa shape index (κ1) is 17.9. The van der Waals surface area contributed by atoms with Gasteiger partial charge in [0.25, 0.3) is 10.1 Å². The van der Waals surface area contributed by atoms with Crippen molar-refractivity contribution >= 4 is 16.1 Å². The Morgan fingerprint density at radius 1 is 0.955 bits per heavy atom. The number of carboxylic acids is 1. The SMILES string of the molecule is CC(C)c1ccccc1S(=O)(=O)O.O=C(O)c1ccccc1. The number of hydrogen-bond acceptors (Lipinski definition) is 3. The van der Waals surface area contributed by atoms with E-state index in [0.717, 1.165) is 0 Å². The summed E-state index contributed by atoms with van der Waals surface area (Å²) in [5.74, 6) is -0.797. The molecule has 2 aromatic carbocycles. The van der Waals surface area contributed by atoms with Gasteiger partial charge in [0.05, 0.1) is 10.5 Å². The number of rotatable bonds is 3. The van der Waals surface area contributed by atoms with Crippen LogP contribution in [0.4, 0.5) is 0 Å². The summed E-state index contributed by atoms with van der Waals surface area (Å²) in [7, 11) is -4.08. The van der Waals surface area contributed by atoms with E-state index < -0.39 is 16.1 Å². The van der Waals surface area contributed by atoms with Gasteiger partial charge in [-0.05, 0) is 29.7 Å². The van der Waals surface area contributed by atoms with E-state index in [2.05, 4.69) is 0 Å². The molecule has 0 unspecified atom stereocenters. The molecule has 0 aliphatic heterocycles. The fraction of sp³-hybridized carbons (Fsp3) is 0.188. The Hall–Kier alpha value is -2.18. The van der Waals surface area contributed by atoms with Gasteiger partial charge in [-0.25, -0.2) is 4.79 Å². The van der Waals surface area contributed by atoms with Crippen molar-refractivity contribution in [2.75, 3.05) is 0 Å². The molecule has 0 saturated carbocycles. The van der Waals surface area contributed by atoms with Crippen LogP contribution in [0.15, 0.2) is 59.5 Å². The Labute approximate surface area is 130 Å². The minimum absolute atomic E-state index is 0.00463. The van der Waals surface area contributed by atoms with Crippen LogP contribution in [0.5, 0.6) is 0 Å². The Balaban J connectivity index is 0.000000235. The van der Waals surface area contributed by atoms with E-state index in [9.17, 15) is 13.2 Å². The monoisotopic (exact) mass is 322 g/mol. The van der Waals surface area contributed by atoms with E-state index >= 15 is 0 Å². The maximum atomic E-state index is 10.9. The summed E-state index contributed by atoms with van der Waals surface area (Å²) in [4.78, 5) is 10.2. The predicted octanol–water partition coefficient (Wildman–Crippen LogP) is 3.44. The zero-order valence-electron chi connectivity index (χ0n) is 12.3. The van der Waals surface area contributed by atoms with Gasteiger partial charge in [0, 0.05) is 0 Å². The van der Waals surface area contributed by atoms with Gasteiger partial charge in [0.1, 0.15) is 0 Å². The Kier molecular flexibility index (Phi) is 6.27. The van der Waals surface area contributed by atoms with Crippen LogP contribution in [-0.4, -0.2) is 24.0 Å². The highest BCUT2D eigenvalue weighted by atomic mass is 32.2. The Bertz CT molecular complexity index is 721. The van der Waals surface area contributed by atoms with Crippen LogP contribution in [0.1, 0.15) is 35.7 Å². The van der Waals surface area contributed by atoms with E-state index in [0.29, 0.717) is 11.1 Å². The standard InChI is InChI=1S/C9H12O3S.C7H6O2/c1-7(2)8-5-3-4-6-9(8)13(10,11)12;8-7(9)6-4-2-1-3-5-6/h3-7H,1-2H3,(H,10,11,12);1-5H,(H,8,9). The molecule has 6 heteroatoms. The molecule has 0 bridgehead atoms. The Morgan fingerprint density at radius 2 is 1.45 bits per heavy atom. The minimum atomic E-state index is -4.08. The lowest BCUT2D eigenvalue weighted by atomic mass is 10.0. The topological polar surface area (TPSA) is 91.7 Å². The molecule has 0 spiro atoms. The highest BCUT2D eigenvalue weighted by Gasteiger charge is 2.15. The fourth-order valence-corrected chi connectivity index (χ4v) is 2.63. The molecule has 0 aromatic heterocycles. The molecular weight excluding hydrogens is 304 g/mol. The third-order valence-corrected chi connectivity index (χ3v) is 3.77. The molecule has 0 saturated heterocycles. The van der Waals surface area contributed by atoms with Gasteiger partial charge in [-0.15, -0.1) is 0 Å². The van der Waals surface area contributed by atoms with Gasteiger partial charge in [-0.3, -0.25) is 4.55 Å². The molecule has 0 heterocycles. The smallest absolute Gasteiger partial charge is 0.335 e. The van der Waals surface area contributed by atoms with Gasteiger partial charge >= 0.3 is 5.97 Å². The zero-order valence-corrected chi connectivity index (χ0v) is 13.1. The first-order valence-corrected chi connectivity index (χ1v) is 8.02. The van der Waals surface area contributed by atoms with Crippen molar-refractivity contribution in [1.29, 1.82) is 0 Å². The zero-order chi connectivity index (χ0) is 16.8. The number of aromatic carboxylic acids is 1. The molecule has 5 nitrogen and oxygen atoms in total. The third-order valence-electron chi connectivity index (χ3n) is 2.84. The second kappa shape index (κ2) is 7.72. The lowest BCUT2D eigenvalue weighted by Crippen LogP contribution is -2.03. The molecule has 0 fully saturated rings. The summed E-state index contributed by atoms with van der Waals surface area (Å²) >= 11 is 0. The van der Waals surface area contributed by atoms with Crippen LogP contribution in [0, 0.1) is 0 Å². The van der Waals surface area contributed by atoms with Gasteiger partial charge < -0.3 is 5.11 Å². The van der Waals surface area contributed by atoms with Gasteiger partial charge in [0.2, 0.25) is 0 Å². The molecule has 2 aromatic rings. The van der Waals surface area contributed by atoms with Gasteiger partial charge in [0.15, 0.2) is 0 Å². The molecule has 118 valence electrons. The number of carboxylic acid groups (broad SMARTS) is 1. The molecular formula is C16H18O5S. The van der Waals surface area contributed by atoms with Crippen LogP contribution in [0.2, 0.25) is 0 Å². The highest BCUT2D eigenvalue weighted by Crippen LogP contribution is 2.22. The normalized spacial score (nSPS) is 10.7. The second-order valence-corrected chi connectivity index (χ2v) is 6.23. The Morgan fingerprint density at radius 3 is 1.82 bits per heavy atom. The summed E-state index contributed by atoms with van der Waals surface area (Å²) in [6, 6.07) is 14.8. The third kappa shape index (κ3) is 5.31.